The fourth-order valence-corrected chi connectivity index (χ4v) is 4.03. The lowest BCUT2D eigenvalue weighted by Crippen LogP contribution is -2.07. The van der Waals surface area contributed by atoms with Crippen LogP contribution in [-0.4, -0.2) is 21.7 Å². The van der Waals surface area contributed by atoms with Crippen molar-refractivity contribution in [3.8, 4) is 23.0 Å². The molecular formula is C22H17F2N3O3S. The molecule has 5 aromatic rings. The minimum absolute atomic E-state index is 0.304. The fraction of sp³-hybridized carbons (Fsp3) is 0.182. The van der Waals surface area contributed by atoms with Gasteiger partial charge in [-0.3, -0.25) is 0 Å². The molecule has 3 aromatic heterocycles. The average molecular weight is 441 g/mol. The predicted molar refractivity (Wildman–Crippen MR) is 113 cm³/mol. The molecule has 5 rings (SSSR count). The number of benzene rings is 2. The minimum atomic E-state index is -3.04. The van der Waals surface area contributed by atoms with E-state index in [0.717, 1.165) is 29.2 Å². The summed E-state index contributed by atoms with van der Waals surface area (Å²) >= 11 is 0.846. The molecule has 0 aliphatic heterocycles. The number of nitrogens with zero attached hydrogens (tertiary/aromatic N) is 3. The number of halogens is 2. The van der Waals surface area contributed by atoms with Crippen molar-refractivity contribution in [3.63, 3.8) is 0 Å². The van der Waals surface area contributed by atoms with Gasteiger partial charge in [0.25, 0.3) is 5.92 Å². The minimum Gasteiger partial charge on any atom is -0.496 e. The van der Waals surface area contributed by atoms with Crippen LogP contribution < -0.4 is 9.47 Å². The topological polar surface area (TPSA) is 61.8 Å². The largest absolute Gasteiger partial charge is 0.496 e. The van der Waals surface area contributed by atoms with Crippen LogP contribution in [0.15, 0.2) is 59.1 Å². The van der Waals surface area contributed by atoms with E-state index in [4.69, 9.17) is 13.9 Å². The standard InChI is InChI=1S/C22H17F2N3O3S/c1-22(23,24)20-26-27-16(11-25-21(27)31-20)19-10-15-17(8-14(28-2)9-18(15)30-19)29-12-13-6-4-3-5-7-13/h3-11H,12H2,1-2H3. The van der Waals surface area contributed by atoms with Crippen LogP contribution in [0.5, 0.6) is 11.5 Å². The van der Waals surface area contributed by atoms with Crippen molar-refractivity contribution < 1.29 is 22.7 Å². The molecule has 0 saturated heterocycles. The number of methoxy groups -OCH3 is 1. The molecule has 0 aliphatic rings. The first-order valence-corrected chi connectivity index (χ1v) is 10.3. The van der Waals surface area contributed by atoms with E-state index >= 15 is 0 Å². The molecule has 0 amide bonds. The average Bonchev–Trinajstić information content (AvgIpc) is 3.45. The third-order valence-corrected chi connectivity index (χ3v) is 5.85. The molecule has 9 heteroatoms. The van der Waals surface area contributed by atoms with Crippen molar-refractivity contribution in [2.75, 3.05) is 7.11 Å². The van der Waals surface area contributed by atoms with E-state index in [1.165, 1.54) is 4.52 Å². The van der Waals surface area contributed by atoms with Crippen LogP contribution in [0, 0.1) is 0 Å². The van der Waals surface area contributed by atoms with Gasteiger partial charge in [0.15, 0.2) is 10.8 Å². The third-order valence-electron chi connectivity index (χ3n) is 4.76. The summed E-state index contributed by atoms with van der Waals surface area (Å²) in [5.41, 5.74) is 2.05. The molecule has 0 radical (unpaired) electrons. The molecule has 0 bridgehead atoms. The van der Waals surface area contributed by atoms with Gasteiger partial charge in [0.1, 0.15) is 29.4 Å². The highest BCUT2D eigenvalue weighted by atomic mass is 32.1. The predicted octanol–water partition coefficient (Wildman–Crippen LogP) is 5.90. The van der Waals surface area contributed by atoms with Crippen LogP contribution in [0.1, 0.15) is 17.5 Å². The number of furan rings is 1. The highest BCUT2D eigenvalue weighted by molar-refractivity contribution is 7.16. The summed E-state index contributed by atoms with van der Waals surface area (Å²) < 4.78 is 46.2. The van der Waals surface area contributed by atoms with Gasteiger partial charge in [-0.2, -0.15) is 18.4 Å². The van der Waals surface area contributed by atoms with E-state index < -0.39 is 5.92 Å². The quantitative estimate of drug-likeness (QED) is 0.328. The van der Waals surface area contributed by atoms with Crippen LogP contribution in [0.3, 0.4) is 0 Å². The van der Waals surface area contributed by atoms with Crippen molar-refractivity contribution >= 4 is 27.3 Å². The molecule has 0 unspecified atom stereocenters. The van der Waals surface area contributed by atoms with Crippen LogP contribution in [0.4, 0.5) is 8.78 Å². The second kappa shape index (κ2) is 7.35. The maximum absolute atomic E-state index is 13.7. The molecule has 0 atom stereocenters. The molecule has 0 fully saturated rings. The number of hydrogen-bond donors (Lipinski definition) is 0. The number of hydrogen-bond acceptors (Lipinski definition) is 6. The number of imidazole rings is 1. The second-order valence-corrected chi connectivity index (χ2v) is 8.01. The van der Waals surface area contributed by atoms with Crippen LogP contribution in [0.2, 0.25) is 0 Å². The summed E-state index contributed by atoms with van der Waals surface area (Å²) in [4.78, 5) is 4.57. The fourth-order valence-electron chi connectivity index (χ4n) is 3.22. The lowest BCUT2D eigenvalue weighted by molar-refractivity contribution is 0.0163. The Hall–Kier alpha value is -3.46. The summed E-state index contributed by atoms with van der Waals surface area (Å²) in [6, 6.07) is 15.1. The summed E-state index contributed by atoms with van der Waals surface area (Å²) in [6.07, 6.45) is 1.55. The molecule has 0 saturated carbocycles. The first-order valence-electron chi connectivity index (χ1n) is 9.44. The Kier molecular flexibility index (Phi) is 4.62. The lowest BCUT2D eigenvalue weighted by Gasteiger charge is -2.09. The zero-order valence-electron chi connectivity index (χ0n) is 16.6. The first kappa shape index (κ1) is 19.5. The number of fused-ring (bicyclic) bond motifs is 2. The first-order chi connectivity index (χ1) is 14.9. The van der Waals surface area contributed by atoms with Gasteiger partial charge in [-0.1, -0.05) is 41.7 Å². The molecule has 3 heterocycles. The van der Waals surface area contributed by atoms with Crippen LogP contribution in [-0.2, 0) is 12.5 Å². The molecule has 0 spiro atoms. The lowest BCUT2D eigenvalue weighted by atomic mass is 10.2. The van der Waals surface area contributed by atoms with E-state index in [0.29, 0.717) is 40.1 Å². The Morgan fingerprint density at radius 3 is 2.71 bits per heavy atom. The number of ether oxygens (including phenoxy) is 2. The number of alkyl halides is 2. The SMILES string of the molecule is COc1cc(OCc2ccccc2)c2cc(-c3cnc4sc(C(C)(F)F)nn34)oc2c1. The van der Waals surface area contributed by atoms with Gasteiger partial charge in [0.2, 0.25) is 4.96 Å². The summed E-state index contributed by atoms with van der Waals surface area (Å²) in [5.74, 6) is -1.43. The van der Waals surface area contributed by atoms with Gasteiger partial charge >= 0.3 is 0 Å². The second-order valence-electron chi connectivity index (χ2n) is 7.06. The Labute approximate surface area is 179 Å². The van der Waals surface area contributed by atoms with Crippen molar-refractivity contribution in [2.24, 2.45) is 0 Å². The van der Waals surface area contributed by atoms with Crippen molar-refractivity contribution in [2.45, 2.75) is 19.5 Å². The van der Waals surface area contributed by atoms with Gasteiger partial charge in [-0.25, -0.2) is 4.98 Å². The summed E-state index contributed by atoms with van der Waals surface area (Å²) in [6.45, 7) is 1.19. The van der Waals surface area contributed by atoms with Crippen molar-refractivity contribution in [1.29, 1.82) is 0 Å². The molecule has 6 nitrogen and oxygen atoms in total. The number of aromatic nitrogens is 3. The smallest absolute Gasteiger partial charge is 0.298 e. The van der Waals surface area contributed by atoms with Gasteiger partial charge in [-0.05, 0) is 11.6 Å². The zero-order chi connectivity index (χ0) is 21.6. The van der Waals surface area contributed by atoms with E-state index in [9.17, 15) is 8.78 Å². The van der Waals surface area contributed by atoms with Crippen molar-refractivity contribution in [1.82, 2.24) is 14.6 Å². The summed E-state index contributed by atoms with van der Waals surface area (Å²) in [5, 5.41) is 4.46. The highest BCUT2D eigenvalue weighted by Crippen LogP contribution is 2.38. The van der Waals surface area contributed by atoms with Gasteiger partial charge < -0.3 is 13.9 Å². The highest BCUT2D eigenvalue weighted by Gasteiger charge is 2.30. The van der Waals surface area contributed by atoms with Gasteiger partial charge in [0.05, 0.1) is 18.7 Å². The van der Waals surface area contributed by atoms with Gasteiger partial charge in [-0.15, -0.1) is 0 Å². The monoisotopic (exact) mass is 441 g/mol. The molecule has 0 aliphatic carbocycles. The summed E-state index contributed by atoms with van der Waals surface area (Å²) in [7, 11) is 1.56. The normalized spacial score (nSPS) is 12.0. The van der Waals surface area contributed by atoms with E-state index in [-0.39, 0.29) is 5.01 Å². The molecule has 158 valence electrons. The van der Waals surface area contributed by atoms with E-state index in [2.05, 4.69) is 10.1 Å². The third kappa shape index (κ3) is 3.61. The van der Waals surface area contributed by atoms with Crippen molar-refractivity contribution in [3.05, 3.63) is 65.3 Å². The Balaban J connectivity index is 1.56. The molecular weight excluding hydrogens is 424 g/mol. The Morgan fingerprint density at radius 1 is 1.16 bits per heavy atom. The number of rotatable bonds is 6. The van der Waals surface area contributed by atoms with Crippen LogP contribution in [0.25, 0.3) is 27.4 Å². The molecule has 2 aromatic carbocycles. The molecule has 31 heavy (non-hydrogen) atoms. The Bertz CT molecular complexity index is 1370. The maximum Gasteiger partial charge on any atom is 0.298 e. The van der Waals surface area contributed by atoms with Gasteiger partial charge in [0, 0.05) is 19.1 Å². The van der Waals surface area contributed by atoms with E-state index in [1.807, 2.05) is 30.3 Å². The molecule has 0 N–H and O–H groups in total. The van der Waals surface area contributed by atoms with E-state index in [1.54, 1.807) is 31.5 Å². The maximum atomic E-state index is 13.7. The van der Waals surface area contributed by atoms with Crippen LogP contribution >= 0.6 is 11.3 Å². The zero-order valence-corrected chi connectivity index (χ0v) is 17.5. The Morgan fingerprint density at radius 2 is 1.97 bits per heavy atom.